The Hall–Kier alpha value is -1.39. The number of aromatic amines is 1. The van der Waals surface area contributed by atoms with Crippen LogP contribution in [0.1, 0.15) is 49.1 Å². The highest BCUT2D eigenvalue weighted by Crippen LogP contribution is 2.28. The topological polar surface area (TPSA) is 70.7 Å². The quantitative estimate of drug-likeness (QED) is 0.742. The third-order valence-corrected chi connectivity index (χ3v) is 3.18. The van der Waals surface area contributed by atoms with Crippen molar-refractivity contribution in [3.8, 4) is 0 Å². The average molecular weight is 222 g/mol. The first-order valence-corrected chi connectivity index (χ1v) is 6.00. The van der Waals surface area contributed by atoms with Crippen molar-refractivity contribution in [1.29, 1.82) is 0 Å². The van der Waals surface area contributed by atoms with Crippen LogP contribution in [0.25, 0.3) is 0 Å². The highest BCUT2D eigenvalue weighted by atomic mass is 16.2. The lowest BCUT2D eigenvalue weighted by atomic mass is 10.0. The molecular formula is C11H18N4O. The van der Waals surface area contributed by atoms with Crippen LogP contribution >= 0.6 is 0 Å². The minimum Gasteiger partial charge on any atom is -0.349 e. The van der Waals surface area contributed by atoms with Crippen LogP contribution in [-0.4, -0.2) is 27.6 Å². The van der Waals surface area contributed by atoms with E-state index in [9.17, 15) is 4.79 Å². The molecule has 5 heteroatoms. The number of carbonyl (C=O) groups is 1. The van der Waals surface area contributed by atoms with Crippen molar-refractivity contribution in [2.45, 2.75) is 38.5 Å². The molecule has 0 radical (unpaired) electrons. The van der Waals surface area contributed by atoms with Gasteiger partial charge in [0.15, 0.2) is 0 Å². The molecule has 0 aliphatic heterocycles. The number of nitrogens with zero attached hydrogens (tertiary/aromatic N) is 2. The molecule has 5 nitrogen and oxygen atoms in total. The van der Waals surface area contributed by atoms with Gasteiger partial charge in [0, 0.05) is 6.54 Å². The summed E-state index contributed by atoms with van der Waals surface area (Å²) in [5, 5.41) is 9.02. The zero-order valence-corrected chi connectivity index (χ0v) is 9.41. The SMILES string of the molecule is O=C(NCCCC1CCCC1)c1ncn[nH]1. The van der Waals surface area contributed by atoms with E-state index in [1.165, 1.54) is 38.4 Å². The van der Waals surface area contributed by atoms with Gasteiger partial charge >= 0.3 is 0 Å². The molecule has 1 aromatic heterocycles. The Morgan fingerprint density at radius 3 is 3.00 bits per heavy atom. The fourth-order valence-electron chi connectivity index (χ4n) is 2.29. The van der Waals surface area contributed by atoms with Crippen LogP contribution < -0.4 is 5.32 Å². The van der Waals surface area contributed by atoms with Crippen LogP contribution in [0, 0.1) is 5.92 Å². The van der Waals surface area contributed by atoms with Gasteiger partial charge in [-0.25, -0.2) is 4.98 Å². The monoisotopic (exact) mass is 222 g/mol. The second-order valence-electron chi connectivity index (χ2n) is 4.38. The summed E-state index contributed by atoms with van der Waals surface area (Å²) >= 11 is 0. The van der Waals surface area contributed by atoms with Crippen molar-refractivity contribution in [3.05, 3.63) is 12.2 Å². The van der Waals surface area contributed by atoms with E-state index in [0.717, 1.165) is 18.9 Å². The lowest BCUT2D eigenvalue weighted by Crippen LogP contribution is -2.25. The largest absolute Gasteiger partial charge is 0.349 e. The van der Waals surface area contributed by atoms with Gasteiger partial charge in [-0.2, -0.15) is 5.10 Å². The van der Waals surface area contributed by atoms with Crippen LogP contribution in [-0.2, 0) is 0 Å². The summed E-state index contributed by atoms with van der Waals surface area (Å²) in [7, 11) is 0. The maximum atomic E-state index is 11.5. The minimum absolute atomic E-state index is 0.163. The number of hydrogen-bond acceptors (Lipinski definition) is 3. The predicted molar refractivity (Wildman–Crippen MR) is 59.9 cm³/mol. The van der Waals surface area contributed by atoms with Crippen molar-refractivity contribution in [2.24, 2.45) is 5.92 Å². The second kappa shape index (κ2) is 5.63. The van der Waals surface area contributed by atoms with E-state index in [4.69, 9.17) is 0 Å². The second-order valence-corrected chi connectivity index (χ2v) is 4.38. The maximum absolute atomic E-state index is 11.5. The van der Waals surface area contributed by atoms with Gasteiger partial charge in [0.2, 0.25) is 5.82 Å². The normalized spacial score (nSPS) is 16.5. The van der Waals surface area contributed by atoms with Crippen molar-refractivity contribution < 1.29 is 4.79 Å². The Balaban J connectivity index is 1.59. The molecule has 1 saturated carbocycles. The summed E-state index contributed by atoms with van der Waals surface area (Å²) in [6.07, 6.45) is 9.14. The summed E-state index contributed by atoms with van der Waals surface area (Å²) in [5.41, 5.74) is 0. The zero-order chi connectivity index (χ0) is 11.2. The van der Waals surface area contributed by atoms with Gasteiger partial charge in [0.1, 0.15) is 6.33 Å². The highest BCUT2D eigenvalue weighted by Gasteiger charge is 2.14. The maximum Gasteiger partial charge on any atom is 0.288 e. The minimum atomic E-state index is -0.163. The Morgan fingerprint density at radius 2 is 2.31 bits per heavy atom. The van der Waals surface area contributed by atoms with Crippen molar-refractivity contribution >= 4 is 5.91 Å². The first kappa shape index (κ1) is 11.1. The van der Waals surface area contributed by atoms with Gasteiger partial charge in [-0.1, -0.05) is 25.7 Å². The number of H-pyrrole nitrogens is 1. The fourth-order valence-corrected chi connectivity index (χ4v) is 2.29. The van der Waals surface area contributed by atoms with Gasteiger partial charge in [-0.3, -0.25) is 9.89 Å². The number of aromatic nitrogens is 3. The van der Waals surface area contributed by atoms with Crippen molar-refractivity contribution in [3.63, 3.8) is 0 Å². The van der Waals surface area contributed by atoms with E-state index in [1.807, 2.05) is 0 Å². The van der Waals surface area contributed by atoms with Gasteiger partial charge in [-0.05, 0) is 18.8 Å². The van der Waals surface area contributed by atoms with E-state index in [-0.39, 0.29) is 5.91 Å². The van der Waals surface area contributed by atoms with Crippen LogP contribution in [0.15, 0.2) is 6.33 Å². The molecule has 0 spiro atoms. The highest BCUT2D eigenvalue weighted by molar-refractivity contribution is 5.90. The molecular weight excluding hydrogens is 204 g/mol. The van der Waals surface area contributed by atoms with Crippen LogP contribution in [0.3, 0.4) is 0 Å². The number of amides is 1. The molecule has 0 atom stereocenters. The molecule has 1 aliphatic rings. The van der Waals surface area contributed by atoms with Crippen molar-refractivity contribution in [2.75, 3.05) is 6.54 Å². The molecule has 16 heavy (non-hydrogen) atoms. The van der Waals surface area contributed by atoms with Crippen LogP contribution in [0.5, 0.6) is 0 Å². The summed E-state index contributed by atoms with van der Waals surface area (Å²) in [6, 6.07) is 0. The third kappa shape index (κ3) is 3.05. The van der Waals surface area contributed by atoms with Gasteiger partial charge < -0.3 is 5.32 Å². The lowest BCUT2D eigenvalue weighted by molar-refractivity contribution is 0.0942. The van der Waals surface area contributed by atoms with Gasteiger partial charge in [0.05, 0.1) is 0 Å². The molecule has 1 aliphatic carbocycles. The average Bonchev–Trinajstić information content (AvgIpc) is 2.96. The van der Waals surface area contributed by atoms with E-state index >= 15 is 0 Å². The Labute approximate surface area is 95.0 Å². The molecule has 1 amide bonds. The number of hydrogen-bond donors (Lipinski definition) is 2. The van der Waals surface area contributed by atoms with E-state index in [0.29, 0.717) is 5.82 Å². The summed E-state index contributed by atoms with van der Waals surface area (Å²) in [4.78, 5) is 15.3. The van der Waals surface area contributed by atoms with Gasteiger partial charge in [0.25, 0.3) is 5.91 Å². The summed E-state index contributed by atoms with van der Waals surface area (Å²) < 4.78 is 0. The Kier molecular flexibility index (Phi) is 3.91. The number of carbonyl (C=O) groups excluding carboxylic acids is 1. The van der Waals surface area contributed by atoms with Crippen LogP contribution in [0.4, 0.5) is 0 Å². The van der Waals surface area contributed by atoms with E-state index < -0.39 is 0 Å². The molecule has 2 N–H and O–H groups in total. The first-order valence-electron chi connectivity index (χ1n) is 6.00. The van der Waals surface area contributed by atoms with Gasteiger partial charge in [-0.15, -0.1) is 0 Å². The molecule has 0 saturated heterocycles. The Morgan fingerprint density at radius 1 is 1.50 bits per heavy atom. The molecule has 1 heterocycles. The summed E-state index contributed by atoms with van der Waals surface area (Å²) in [6.45, 7) is 0.732. The predicted octanol–water partition coefficient (Wildman–Crippen LogP) is 1.50. The molecule has 0 unspecified atom stereocenters. The van der Waals surface area contributed by atoms with Crippen molar-refractivity contribution in [1.82, 2.24) is 20.5 Å². The lowest BCUT2D eigenvalue weighted by Gasteiger charge is -2.08. The molecule has 1 aromatic rings. The van der Waals surface area contributed by atoms with E-state index in [1.54, 1.807) is 0 Å². The third-order valence-electron chi connectivity index (χ3n) is 3.18. The fraction of sp³-hybridized carbons (Fsp3) is 0.727. The molecule has 2 rings (SSSR count). The molecule has 0 bridgehead atoms. The summed E-state index contributed by atoms with van der Waals surface area (Å²) in [5.74, 6) is 1.02. The number of nitrogens with one attached hydrogen (secondary N) is 2. The number of rotatable bonds is 5. The molecule has 88 valence electrons. The first-order chi connectivity index (χ1) is 7.86. The molecule has 0 aromatic carbocycles. The van der Waals surface area contributed by atoms with Crippen LogP contribution in [0.2, 0.25) is 0 Å². The Bertz CT molecular complexity index is 317. The zero-order valence-electron chi connectivity index (χ0n) is 9.41. The smallest absolute Gasteiger partial charge is 0.288 e. The molecule has 1 fully saturated rings. The standard InChI is InChI=1S/C11H18N4O/c16-11(10-13-8-14-15-10)12-7-3-6-9-4-1-2-5-9/h8-9H,1-7H2,(H,12,16)(H,13,14,15). The van der Waals surface area contributed by atoms with E-state index in [2.05, 4.69) is 20.5 Å².